The van der Waals surface area contributed by atoms with Gasteiger partial charge in [0.15, 0.2) is 0 Å². The fraction of sp³-hybridized carbons (Fsp3) is 0.231. The second kappa shape index (κ2) is 9.09. The van der Waals surface area contributed by atoms with Gasteiger partial charge in [-0.2, -0.15) is 0 Å². The van der Waals surface area contributed by atoms with Crippen LogP contribution in [0.15, 0.2) is 83.8 Å². The first kappa shape index (κ1) is 20.6. The molecule has 3 aromatic carbocycles. The van der Waals surface area contributed by atoms with Crippen molar-refractivity contribution in [1.29, 1.82) is 0 Å². The Morgan fingerprint density at radius 1 is 0.938 bits per heavy atom. The standard InChI is InChI=1S/C26H25N3O2S/c30-25-15-8-16-28(25)21-12-5-4-11-20(21)27-17-26(31)29-22-13-6-7-14-24(22)32-18-23(29)19-9-2-1-3-10-19/h1-7,9-14,23,27H,8,15-18H2/t23-/m1/s1. The highest BCUT2D eigenvalue weighted by atomic mass is 32.2. The molecule has 0 spiro atoms. The molecule has 5 rings (SSSR count). The van der Waals surface area contributed by atoms with E-state index in [0.29, 0.717) is 6.42 Å². The average Bonchev–Trinajstić information content (AvgIpc) is 3.28. The molecule has 32 heavy (non-hydrogen) atoms. The topological polar surface area (TPSA) is 52.7 Å². The second-order valence-electron chi connectivity index (χ2n) is 7.99. The molecule has 0 radical (unpaired) electrons. The maximum atomic E-state index is 13.6. The largest absolute Gasteiger partial charge is 0.374 e. The molecule has 2 amide bonds. The molecule has 5 nitrogen and oxygen atoms in total. The van der Waals surface area contributed by atoms with Crippen LogP contribution in [0, 0.1) is 0 Å². The number of nitrogens with zero attached hydrogens (tertiary/aromatic N) is 2. The first-order chi connectivity index (χ1) is 15.7. The number of hydrogen-bond acceptors (Lipinski definition) is 4. The van der Waals surface area contributed by atoms with E-state index in [9.17, 15) is 9.59 Å². The minimum Gasteiger partial charge on any atom is -0.374 e. The van der Waals surface area contributed by atoms with Crippen LogP contribution in [0.4, 0.5) is 17.1 Å². The summed E-state index contributed by atoms with van der Waals surface area (Å²) in [6, 6.07) is 26.0. The molecule has 0 aromatic heterocycles. The van der Waals surface area contributed by atoms with E-state index < -0.39 is 0 Å². The number of rotatable bonds is 5. The van der Waals surface area contributed by atoms with Gasteiger partial charge in [-0.05, 0) is 36.2 Å². The van der Waals surface area contributed by atoms with E-state index >= 15 is 0 Å². The van der Waals surface area contributed by atoms with E-state index in [1.165, 1.54) is 0 Å². The summed E-state index contributed by atoms with van der Waals surface area (Å²) in [5, 5.41) is 3.32. The van der Waals surface area contributed by atoms with Gasteiger partial charge in [0.1, 0.15) is 0 Å². The molecular formula is C26H25N3O2S. The number of anilines is 3. The van der Waals surface area contributed by atoms with Gasteiger partial charge in [0, 0.05) is 23.6 Å². The summed E-state index contributed by atoms with van der Waals surface area (Å²) in [5.41, 5.74) is 3.74. The summed E-state index contributed by atoms with van der Waals surface area (Å²) < 4.78 is 0. The van der Waals surface area contributed by atoms with Gasteiger partial charge in [0.05, 0.1) is 29.6 Å². The van der Waals surface area contributed by atoms with Crippen molar-refractivity contribution in [3.05, 3.63) is 84.4 Å². The molecule has 2 heterocycles. The number of amides is 2. The Hall–Kier alpha value is -3.25. The summed E-state index contributed by atoms with van der Waals surface area (Å²) in [6.45, 7) is 0.875. The highest BCUT2D eigenvalue weighted by Crippen LogP contribution is 2.43. The van der Waals surface area contributed by atoms with Crippen molar-refractivity contribution in [2.45, 2.75) is 23.8 Å². The molecule has 162 valence electrons. The first-order valence-electron chi connectivity index (χ1n) is 10.9. The van der Waals surface area contributed by atoms with E-state index in [1.807, 2.05) is 70.5 Å². The fourth-order valence-corrected chi connectivity index (χ4v) is 5.60. The Balaban J connectivity index is 1.41. The van der Waals surface area contributed by atoms with Gasteiger partial charge < -0.3 is 15.1 Å². The zero-order chi connectivity index (χ0) is 21.9. The van der Waals surface area contributed by atoms with E-state index in [-0.39, 0.29) is 24.4 Å². The van der Waals surface area contributed by atoms with Crippen LogP contribution in [0.25, 0.3) is 0 Å². The SMILES string of the molecule is O=C1CCCN1c1ccccc1NCC(=O)N1c2ccccc2SC[C@@H]1c1ccccc1. The third-order valence-corrected chi connectivity index (χ3v) is 7.12. The van der Waals surface area contributed by atoms with Gasteiger partial charge in [0.25, 0.3) is 0 Å². The van der Waals surface area contributed by atoms with Crippen LogP contribution in [-0.2, 0) is 9.59 Å². The Kier molecular flexibility index (Phi) is 5.86. The third kappa shape index (κ3) is 3.98. The van der Waals surface area contributed by atoms with Crippen LogP contribution in [0.3, 0.4) is 0 Å². The quantitative estimate of drug-likeness (QED) is 0.596. The predicted molar refractivity (Wildman–Crippen MR) is 130 cm³/mol. The van der Waals surface area contributed by atoms with Crippen molar-refractivity contribution in [2.24, 2.45) is 0 Å². The van der Waals surface area contributed by atoms with Crippen LogP contribution < -0.4 is 15.1 Å². The number of nitrogens with one attached hydrogen (secondary N) is 1. The maximum absolute atomic E-state index is 13.6. The number of carbonyl (C=O) groups is 2. The lowest BCUT2D eigenvalue weighted by Gasteiger charge is -2.37. The molecule has 3 aromatic rings. The van der Waals surface area contributed by atoms with Crippen LogP contribution >= 0.6 is 11.8 Å². The van der Waals surface area contributed by atoms with Crippen molar-refractivity contribution < 1.29 is 9.59 Å². The van der Waals surface area contributed by atoms with Crippen LogP contribution in [-0.4, -0.2) is 30.7 Å². The molecule has 0 saturated carbocycles. The molecule has 2 aliphatic heterocycles. The normalized spacial score (nSPS) is 17.9. The van der Waals surface area contributed by atoms with Gasteiger partial charge in [-0.1, -0.05) is 54.6 Å². The molecular weight excluding hydrogens is 418 g/mol. The Morgan fingerprint density at radius 3 is 2.44 bits per heavy atom. The van der Waals surface area contributed by atoms with E-state index in [4.69, 9.17) is 0 Å². The molecule has 0 aliphatic carbocycles. The number of carbonyl (C=O) groups excluding carboxylic acids is 2. The van der Waals surface area contributed by atoms with Crippen molar-refractivity contribution in [3.63, 3.8) is 0 Å². The van der Waals surface area contributed by atoms with Gasteiger partial charge in [-0.25, -0.2) is 0 Å². The van der Waals surface area contributed by atoms with Gasteiger partial charge in [0.2, 0.25) is 11.8 Å². The van der Waals surface area contributed by atoms with E-state index in [0.717, 1.165) is 46.2 Å². The minimum atomic E-state index is -0.0270. The molecule has 6 heteroatoms. The summed E-state index contributed by atoms with van der Waals surface area (Å²) >= 11 is 1.79. The molecule has 1 fully saturated rings. The lowest BCUT2D eigenvalue weighted by Crippen LogP contribution is -2.41. The predicted octanol–water partition coefficient (Wildman–Crippen LogP) is 5.11. The first-order valence-corrected chi connectivity index (χ1v) is 11.9. The highest BCUT2D eigenvalue weighted by molar-refractivity contribution is 7.99. The van der Waals surface area contributed by atoms with Gasteiger partial charge in [-0.3, -0.25) is 9.59 Å². The fourth-order valence-electron chi connectivity index (χ4n) is 4.44. The van der Waals surface area contributed by atoms with Crippen molar-refractivity contribution >= 4 is 40.6 Å². The summed E-state index contributed by atoms with van der Waals surface area (Å²) in [6.07, 6.45) is 1.45. The molecule has 0 unspecified atom stereocenters. The zero-order valence-corrected chi connectivity index (χ0v) is 18.6. The van der Waals surface area contributed by atoms with Gasteiger partial charge in [-0.15, -0.1) is 11.8 Å². The number of fused-ring (bicyclic) bond motifs is 1. The smallest absolute Gasteiger partial charge is 0.246 e. The molecule has 1 saturated heterocycles. The second-order valence-corrected chi connectivity index (χ2v) is 9.05. The number of hydrogen-bond donors (Lipinski definition) is 1. The van der Waals surface area contributed by atoms with E-state index in [1.54, 1.807) is 11.8 Å². The van der Waals surface area contributed by atoms with Crippen molar-refractivity contribution in [1.82, 2.24) is 0 Å². The van der Waals surface area contributed by atoms with Gasteiger partial charge >= 0.3 is 0 Å². The lowest BCUT2D eigenvalue weighted by atomic mass is 10.1. The number of thioether (sulfide) groups is 1. The zero-order valence-electron chi connectivity index (χ0n) is 17.7. The summed E-state index contributed by atoms with van der Waals surface area (Å²) in [5.74, 6) is 0.955. The average molecular weight is 444 g/mol. The molecule has 0 bridgehead atoms. The Bertz CT molecular complexity index is 1130. The molecule has 2 aliphatic rings. The number of benzene rings is 3. The lowest BCUT2D eigenvalue weighted by molar-refractivity contribution is -0.118. The van der Waals surface area contributed by atoms with Crippen LogP contribution in [0.1, 0.15) is 24.4 Å². The maximum Gasteiger partial charge on any atom is 0.246 e. The highest BCUT2D eigenvalue weighted by Gasteiger charge is 2.32. The number of para-hydroxylation sites is 3. The summed E-state index contributed by atoms with van der Waals surface area (Å²) in [7, 11) is 0. The van der Waals surface area contributed by atoms with E-state index in [2.05, 4.69) is 23.5 Å². The Morgan fingerprint density at radius 2 is 1.66 bits per heavy atom. The van der Waals surface area contributed by atoms with Crippen molar-refractivity contribution in [3.8, 4) is 0 Å². The summed E-state index contributed by atoms with van der Waals surface area (Å²) in [4.78, 5) is 30.7. The van der Waals surface area contributed by atoms with Crippen LogP contribution in [0.2, 0.25) is 0 Å². The Labute approximate surface area is 192 Å². The minimum absolute atomic E-state index is 0.00848. The molecule has 1 N–H and O–H groups in total. The van der Waals surface area contributed by atoms with Crippen molar-refractivity contribution in [2.75, 3.05) is 34.0 Å². The third-order valence-electron chi connectivity index (χ3n) is 5.98. The monoisotopic (exact) mass is 443 g/mol. The molecule has 1 atom stereocenters. The van der Waals surface area contributed by atoms with Crippen LogP contribution in [0.5, 0.6) is 0 Å².